The predicted molar refractivity (Wildman–Crippen MR) is 229 cm³/mol. The van der Waals surface area contributed by atoms with Crippen LogP contribution in [0.5, 0.6) is 0 Å². The molecule has 0 unspecified atom stereocenters. The number of nitrogens with one attached hydrogen (secondary N) is 2. The number of carboxylic acid groups (broad SMARTS) is 2. The van der Waals surface area contributed by atoms with Gasteiger partial charge in [-0.3, -0.25) is 9.59 Å². The molecule has 0 aromatic carbocycles. The van der Waals surface area contributed by atoms with Crippen molar-refractivity contribution in [3.8, 4) is 0 Å². The first-order valence-electron chi connectivity index (χ1n) is 23.3. The molecule has 2 aromatic heterocycles. The maximum absolute atomic E-state index is 13.4. The fraction of sp³-hybridized carbons (Fsp3) is 0.800. The SMILES string of the molecule is O=C1Cn2cc(nn2)CO[C@@H]2O[C@H](CO[C@]3(C(=O)O)C[C@H](O)[C@@H](NC(=O)Cn4cc(nn4)CO[C@@H]4O[C@H](CO[C@]5(C(=O)O)C[C@H](O)[C@@H](N1)[C@H]([C@H](O)[C@H](O)CO)O5)[C@H](O)[C@H](O)[C@H]4O)[C@H]([C@H](O)[C@H](O)CO)O3)[C@H](O)[C@H](O)[C@H]2O. The first-order valence-corrected chi connectivity index (χ1v) is 23.3. The largest absolute Gasteiger partial charge is 0.477 e. The lowest BCUT2D eigenvalue weighted by molar-refractivity contribution is -0.339. The Labute approximate surface area is 426 Å². The Morgan fingerprint density at radius 2 is 0.974 bits per heavy atom. The Morgan fingerprint density at radius 3 is 1.32 bits per heavy atom. The van der Waals surface area contributed by atoms with Crippen molar-refractivity contribution in [3.63, 3.8) is 0 Å². The van der Waals surface area contributed by atoms with Gasteiger partial charge in [0.05, 0.1) is 76.3 Å². The van der Waals surface area contributed by atoms with Gasteiger partial charge in [0.15, 0.2) is 12.6 Å². The van der Waals surface area contributed by atoms with E-state index in [2.05, 4.69) is 31.3 Å². The molecule has 0 radical (unpaired) electrons. The number of ether oxygens (including phenoxy) is 8. The summed E-state index contributed by atoms with van der Waals surface area (Å²) in [5, 5.41) is 190. The van der Waals surface area contributed by atoms with Crippen LogP contribution >= 0.6 is 0 Å². The van der Waals surface area contributed by atoms with Gasteiger partial charge in [0.2, 0.25) is 11.8 Å². The van der Waals surface area contributed by atoms with Crippen molar-refractivity contribution in [2.45, 2.75) is 173 Å². The molecule has 18 N–H and O–H groups in total. The number of carbonyl (C=O) groups excluding carboxylic acids is 2. The Morgan fingerprint density at radius 1 is 0.605 bits per heavy atom. The number of carboxylic acids is 2. The lowest BCUT2D eigenvalue weighted by Gasteiger charge is -2.47. The first kappa shape index (κ1) is 59.0. The molecule has 76 heavy (non-hydrogen) atoms. The second-order valence-electron chi connectivity index (χ2n) is 18.6. The number of hydrogen-bond acceptors (Lipinski definition) is 30. The molecule has 22 atom stereocenters. The zero-order valence-corrected chi connectivity index (χ0v) is 39.5. The average molecular weight is 1100 g/mol. The number of nitrogens with zero attached hydrogens (tertiary/aromatic N) is 6. The van der Waals surface area contributed by atoms with Gasteiger partial charge < -0.3 is 130 Å². The van der Waals surface area contributed by atoms with E-state index in [1.807, 2.05) is 0 Å². The van der Waals surface area contributed by atoms with E-state index in [0.717, 1.165) is 21.8 Å². The monoisotopic (exact) mass is 1100 g/mol. The van der Waals surface area contributed by atoms with Crippen LogP contribution in [-0.4, -0.2) is 296 Å². The van der Waals surface area contributed by atoms with Gasteiger partial charge in [0, 0.05) is 12.8 Å². The molecule has 0 aliphatic carbocycles. The normalized spacial score (nSPS) is 40.1. The fourth-order valence-electron chi connectivity index (χ4n) is 8.96. The van der Waals surface area contributed by atoms with Crippen molar-refractivity contribution in [2.75, 3.05) is 26.4 Å². The number of aliphatic carboxylic acids is 2. The summed E-state index contributed by atoms with van der Waals surface area (Å²) in [7, 11) is 0. The topological polar surface area (TPSA) is 551 Å². The number of aliphatic hydroxyl groups is 14. The molecule has 0 spiro atoms. The van der Waals surface area contributed by atoms with Crippen molar-refractivity contribution >= 4 is 23.8 Å². The fourth-order valence-corrected chi connectivity index (χ4v) is 8.96. The van der Waals surface area contributed by atoms with Crippen LogP contribution in [0.1, 0.15) is 24.2 Å². The Bertz CT molecular complexity index is 2150. The molecule has 36 heteroatoms. The zero-order valence-electron chi connectivity index (χ0n) is 39.5. The van der Waals surface area contributed by atoms with Crippen LogP contribution in [0.4, 0.5) is 0 Å². The summed E-state index contributed by atoms with van der Waals surface area (Å²) in [6.45, 7) is -6.98. The number of aliphatic hydroxyl groups excluding tert-OH is 14. The highest BCUT2D eigenvalue weighted by atomic mass is 16.8. The van der Waals surface area contributed by atoms with Crippen molar-refractivity contribution in [1.29, 1.82) is 0 Å². The van der Waals surface area contributed by atoms with Crippen LogP contribution in [0.3, 0.4) is 0 Å². The minimum Gasteiger partial charge on any atom is -0.477 e. The van der Waals surface area contributed by atoms with E-state index in [4.69, 9.17) is 37.9 Å². The summed E-state index contributed by atoms with van der Waals surface area (Å²) in [5.41, 5.74) is -0.163. The lowest BCUT2D eigenvalue weighted by Crippen LogP contribution is -2.68. The van der Waals surface area contributed by atoms with Gasteiger partial charge in [-0.05, 0) is 0 Å². The van der Waals surface area contributed by atoms with E-state index in [1.54, 1.807) is 0 Å². The molecule has 10 rings (SSSR count). The Kier molecular flexibility index (Phi) is 19.0. The van der Waals surface area contributed by atoms with Crippen LogP contribution < -0.4 is 10.6 Å². The zero-order chi connectivity index (χ0) is 55.6. The van der Waals surface area contributed by atoms with Gasteiger partial charge in [-0.1, -0.05) is 10.4 Å². The molecule has 8 aliphatic heterocycles. The third-order valence-electron chi connectivity index (χ3n) is 13.2. The second kappa shape index (κ2) is 24.5. The number of carbonyl (C=O) groups is 4. The summed E-state index contributed by atoms with van der Waals surface area (Å²) in [5.74, 6) is -11.9. The third-order valence-corrected chi connectivity index (χ3v) is 13.2. The maximum atomic E-state index is 13.4. The van der Waals surface area contributed by atoms with Crippen LogP contribution in [-0.2, 0) is 83.4 Å². The van der Waals surface area contributed by atoms with Gasteiger partial charge in [0.25, 0.3) is 11.6 Å². The minimum absolute atomic E-state index is 0.0817. The van der Waals surface area contributed by atoms with E-state index >= 15 is 0 Å². The summed E-state index contributed by atoms with van der Waals surface area (Å²) in [6.07, 6.45) is -35.9. The Balaban J connectivity index is 1.17. The second-order valence-corrected chi connectivity index (χ2v) is 18.6. The van der Waals surface area contributed by atoms with Crippen molar-refractivity contribution in [2.24, 2.45) is 0 Å². The molecule has 2 amide bonds. The van der Waals surface area contributed by atoms with Gasteiger partial charge in [0.1, 0.15) is 110 Å². The van der Waals surface area contributed by atoms with E-state index < -0.39 is 223 Å². The van der Waals surface area contributed by atoms with E-state index in [9.17, 15) is 101 Å². The summed E-state index contributed by atoms with van der Waals surface area (Å²) in [4.78, 5) is 52.6. The average Bonchev–Trinajstić information content (AvgIpc) is 4.04. The molecule has 0 saturated carbocycles. The number of rotatable bonds is 8. The third kappa shape index (κ3) is 12.7. The standard InChI is InChI=1S/C40H60N8O28/c49-7-17(53)25(57)33-23-15(51)1-39(75-33,37(65)66)71-11-19-27(59)29(61)31(63)35(73-19)69-9-14-4-48(46-44-14)6-22(56)42-24-16(52)2-40(38(67)68,76-34(24)26(58)18(54)8-50)72-12-20-28(60)30(62)32(64)36(74-20)70-10-13-3-47(45-43-13)5-21(55)41-23/h3-4,15-20,23-36,49-54,57-64H,1-2,5-12H2,(H,41,55)(H,42,56)(H,65,66)(H,67,68)/t15-,16-,17+,18+,19+,20+,23+,24+,25+,26+,27-,28-,29-,30-,31+,32+,33+,34+,35+,36+,39+,40+/m0/s1. The molecule has 4 saturated heterocycles. The first-order chi connectivity index (χ1) is 35.9. The van der Waals surface area contributed by atoms with Crippen molar-refractivity contribution in [1.82, 2.24) is 40.6 Å². The van der Waals surface area contributed by atoms with Gasteiger partial charge >= 0.3 is 11.9 Å². The molecular weight excluding hydrogens is 1040 g/mol. The highest BCUT2D eigenvalue weighted by molar-refractivity contribution is 5.78. The van der Waals surface area contributed by atoms with Gasteiger partial charge in [-0.15, -0.1) is 10.2 Å². The quantitative estimate of drug-likeness (QED) is 0.117. The summed E-state index contributed by atoms with van der Waals surface area (Å²) < 4.78 is 46.7. The molecule has 10 heterocycles. The summed E-state index contributed by atoms with van der Waals surface area (Å²) in [6, 6.07) is -3.53. The van der Waals surface area contributed by atoms with Crippen molar-refractivity contribution in [3.05, 3.63) is 23.8 Å². The van der Waals surface area contributed by atoms with E-state index in [1.165, 1.54) is 0 Å². The molecule has 428 valence electrons. The molecule has 4 fully saturated rings. The molecule has 36 nitrogen and oxygen atoms in total. The maximum Gasteiger partial charge on any atom is 0.364 e. The number of hydrogen-bond donors (Lipinski definition) is 18. The van der Waals surface area contributed by atoms with Crippen LogP contribution in [0.2, 0.25) is 0 Å². The number of aromatic nitrogens is 6. The van der Waals surface area contributed by atoms with Gasteiger partial charge in [-0.25, -0.2) is 19.0 Å². The minimum atomic E-state index is -2.98. The van der Waals surface area contributed by atoms with E-state index in [-0.39, 0.29) is 11.4 Å². The Hall–Kier alpha value is -4.72. The highest BCUT2D eigenvalue weighted by Gasteiger charge is 2.59. The van der Waals surface area contributed by atoms with Crippen LogP contribution in [0.25, 0.3) is 0 Å². The summed E-state index contributed by atoms with van der Waals surface area (Å²) >= 11 is 0. The van der Waals surface area contributed by atoms with Gasteiger partial charge in [-0.2, -0.15) is 0 Å². The van der Waals surface area contributed by atoms with Crippen molar-refractivity contribution < 1.29 is 139 Å². The lowest BCUT2D eigenvalue weighted by atomic mass is 9.88. The number of amides is 2. The van der Waals surface area contributed by atoms with E-state index in [0.29, 0.717) is 0 Å². The smallest absolute Gasteiger partial charge is 0.364 e. The van der Waals surface area contributed by atoms with Crippen LogP contribution in [0.15, 0.2) is 12.4 Å². The highest BCUT2D eigenvalue weighted by Crippen LogP contribution is 2.37. The van der Waals surface area contributed by atoms with Crippen LogP contribution in [0, 0.1) is 0 Å². The molecular formula is C40H60N8O28. The molecule has 8 aliphatic rings. The molecule has 2 aromatic rings. The predicted octanol–water partition coefficient (Wildman–Crippen LogP) is -12.5. The molecule has 12 bridgehead atoms.